The predicted molar refractivity (Wildman–Crippen MR) is 91.9 cm³/mol. The minimum Gasteiger partial charge on any atom is -0.480 e. The van der Waals surface area contributed by atoms with E-state index in [-0.39, 0.29) is 0 Å². The molecule has 2 aromatic rings. The van der Waals surface area contributed by atoms with Gasteiger partial charge in [-0.25, -0.2) is 4.79 Å². The number of hydrogen-bond acceptors (Lipinski definition) is 3. The molecule has 1 fully saturated rings. The van der Waals surface area contributed by atoms with Gasteiger partial charge in [-0.1, -0.05) is 30.3 Å². The molecule has 138 valence electrons. The molecule has 0 aromatic heterocycles. The maximum Gasteiger partial charge on any atom is 0.416 e. The number of piperazine rings is 1. The molecule has 0 spiro atoms. The quantitative estimate of drug-likeness (QED) is 0.902. The van der Waals surface area contributed by atoms with E-state index in [1.54, 1.807) is 4.90 Å². The molecule has 0 saturated carbocycles. The number of benzene rings is 2. The van der Waals surface area contributed by atoms with Crippen molar-refractivity contribution >= 4 is 11.7 Å². The summed E-state index contributed by atoms with van der Waals surface area (Å²) in [6.07, 6.45) is -4.40. The molecule has 0 amide bonds. The first-order chi connectivity index (χ1) is 12.3. The molecule has 1 unspecified atom stereocenters. The van der Waals surface area contributed by atoms with Gasteiger partial charge < -0.3 is 10.0 Å². The molecule has 1 aliphatic rings. The SMILES string of the molecule is O=C(O)C1CN(Cc2ccccc2)CCN1c1ccc(C(F)(F)F)cc1. The van der Waals surface area contributed by atoms with Gasteiger partial charge in [-0.15, -0.1) is 0 Å². The number of halogens is 3. The summed E-state index contributed by atoms with van der Waals surface area (Å²) in [7, 11) is 0. The lowest BCUT2D eigenvalue weighted by Crippen LogP contribution is -2.56. The van der Waals surface area contributed by atoms with E-state index in [2.05, 4.69) is 4.90 Å². The van der Waals surface area contributed by atoms with E-state index < -0.39 is 23.8 Å². The third-order valence-corrected chi connectivity index (χ3v) is 4.52. The molecule has 7 heteroatoms. The van der Waals surface area contributed by atoms with Crippen LogP contribution in [0.5, 0.6) is 0 Å². The van der Waals surface area contributed by atoms with Crippen LogP contribution in [0.4, 0.5) is 18.9 Å². The molecule has 0 bridgehead atoms. The molecule has 1 atom stereocenters. The zero-order chi connectivity index (χ0) is 18.7. The molecular formula is C19H19F3N2O2. The van der Waals surface area contributed by atoms with Crippen molar-refractivity contribution in [2.45, 2.75) is 18.8 Å². The van der Waals surface area contributed by atoms with Crippen LogP contribution in [0, 0.1) is 0 Å². The lowest BCUT2D eigenvalue weighted by molar-refractivity contribution is -0.140. The summed E-state index contributed by atoms with van der Waals surface area (Å²) in [5, 5.41) is 9.59. The number of carbonyl (C=O) groups is 1. The maximum absolute atomic E-state index is 12.7. The largest absolute Gasteiger partial charge is 0.480 e. The van der Waals surface area contributed by atoms with Crippen LogP contribution in [0.1, 0.15) is 11.1 Å². The third-order valence-electron chi connectivity index (χ3n) is 4.52. The van der Waals surface area contributed by atoms with Crippen LogP contribution in [0.15, 0.2) is 54.6 Å². The van der Waals surface area contributed by atoms with Crippen LogP contribution in [-0.4, -0.2) is 41.7 Å². The molecule has 2 aromatic carbocycles. The van der Waals surface area contributed by atoms with E-state index >= 15 is 0 Å². The molecule has 1 N–H and O–H groups in total. The fourth-order valence-electron chi connectivity index (χ4n) is 3.19. The Morgan fingerprint density at radius 1 is 1.04 bits per heavy atom. The Morgan fingerprint density at radius 2 is 1.69 bits per heavy atom. The highest BCUT2D eigenvalue weighted by atomic mass is 19.4. The lowest BCUT2D eigenvalue weighted by Gasteiger charge is -2.40. The van der Waals surface area contributed by atoms with Crippen molar-refractivity contribution in [3.63, 3.8) is 0 Å². The highest BCUT2D eigenvalue weighted by Gasteiger charge is 2.34. The van der Waals surface area contributed by atoms with Gasteiger partial charge >= 0.3 is 12.1 Å². The summed E-state index contributed by atoms with van der Waals surface area (Å²) < 4.78 is 38.1. The number of hydrogen-bond donors (Lipinski definition) is 1. The second kappa shape index (κ2) is 7.37. The van der Waals surface area contributed by atoms with E-state index in [0.29, 0.717) is 31.9 Å². The predicted octanol–water partition coefficient (Wildman–Crippen LogP) is 3.48. The molecule has 1 saturated heterocycles. The van der Waals surface area contributed by atoms with Gasteiger partial charge in [-0.2, -0.15) is 13.2 Å². The number of aliphatic carboxylic acids is 1. The summed E-state index contributed by atoms with van der Waals surface area (Å²) in [6.45, 7) is 2.03. The Morgan fingerprint density at radius 3 is 2.27 bits per heavy atom. The first-order valence-electron chi connectivity index (χ1n) is 8.27. The van der Waals surface area contributed by atoms with Gasteiger partial charge in [0.2, 0.25) is 0 Å². The van der Waals surface area contributed by atoms with Crippen molar-refractivity contribution in [1.29, 1.82) is 0 Å². The highest BCUT2D eigenvalue weighted by molar-refractivity contribution is 5.79. The van der Waals surface area contributed by atoms with Crippen molar-refractivity contribution in [2.75, 3.05) is 24.5 Å². The summed E-state index contributed by atoms with van der Waals surface area (Å²) in [5.41, 5.74) is 0.847. The van der Waals surface area contributed by atoms with Gasteiger partial charge in [0.1, 0.15) is 6.04 Å². The topological polar surface area (TPSA) is 43.8 Å². The van der Waals surface area contributed by atoms with Crippen LogP contribution < -0.4 is 4.90 Å². The Bertz CT molecular complexity index is 748. The monoisotopic (exact) mass is 364 g/mol. The normalized spacial score (nSPS) is 18.7. The minimum absolute atomic E-state index is 0.311. The maximum atomic E-state index is 12.7. The smallest absolute Gasteiger partial charge is 0.416 e. The molecule has 0 radical (unpaired) electrons. The fraction of sp³-hybridized carbons (Fsp3) is 0.316. The van der Waals surface area contributed by atoms with Crippen molar-refractivity contribution < 1.29 is 23.1 Å². The summed E-state index contributed by atoms with van der Waals surface area (Å²) in [6, 6.07) is 13.6. The van der Waals surface area contributed by atoms with Gasteiger partial charge in [0.05, 0.1) is 5.56 Å². The second-order valence-corrected chi connectivity index (χ2v) is 6.31. The molecule has 0 aliphatic carbocycles. The van der Waals surface area contributed by atoms with Crippen molar-refractivity contribution in [1.82, 2.24) is 4.90 Å². The van der Waals surface area contributed by atoms with Crippen molar-refractivity contribution in [2.24, 2.45) is 0 Å². The van der Waals surface area contributed by atoms with E-state index in [4.69, 9.17) is 0 Å². The molecular weight excluding hydrogens is 345 g/mol. The standard InChI is InChI=1S/C19H19F3N2O2/c20-19(21,22)15-6-8-16(9-7-15)24-11-10-23(13-17(24)18(25)26)12-14-4-2-1-3-5-14/h1-9,17H,10-13H2,(H,25,26). The van der Waals surface area contributed by atoms with E-state index in [1.165, 1.54) is 12.1 Å². The molecule has 1 heterocycles. The Labute approximate surface area is 149 Å². The number of rotatable bonds is 4. The average molecular weight is 364 g/mol. The fourth-order valence-corrected chi connectivity index (χ4v) is 3.19. The van der Waals surface area contributed by atoms with Crippen LogP contribution in [-0.2, 0) is 17.5 Å². The summed E-state index contributed by atoms with van der Waals surface area (Å²) in [4.78, 5) is 15.4. The van der Waals surface area contributed by atoms with Crippen molar-refractivity contribution in [3.05, 3.63) is 65.7 Å². The number of anilines is 1. The van der Waals surface area contributed by atoms with Crippen LogP contribution in [0.3, 0.4) is 0 Å². The highest BCUT2D eigenvalue weighted by Crippen LogP contribution is 2.31. The molecule has 4 nitrogen and oxygen atoms in total. The number of alkyl halides is 3. The Hall–Kier alpha value is -2.54. The summed E-state index contributed by atoms with van der Waals surface area (Å²) >= 11 is 0. The minimum atomic E-state index is -4.40. The first-order valence-corrected chi connectivity index (χ1v) is 8.27. The number of carboxylic acids is 1. The van der Waals surface area contributed by atoms with Gasteiger partial charge in [-0.3, -0.25) is 4.90 Å². The van der Waals surface area contributed by atoms with E-state index in [1.807, 2.05) is 30.3 Å². The van der Waals surface area contributed by atoms with Crippen LogP contribution >= 0.6 is 0 Å². The molecule has 3 rings (SSSR count). The molecule has 1 aliphatic heterocycles. The van der Waals surface area contributed by atoms with E-state index in [9.17, 15) is 23.1 Å². The van der Waals surface area contributed by atoms with Gasteiger partial charge in [0.25, 0.3) is 0 Å². The van der Waals surface area contributed by atoms with Crippen molar-refractivity contribution in [3.8, 4) is 0 Å². The molecule has 26 heavy (non-hydrogen) atoms. The second-order valence-electron chi connectivity index (χ2n) is 6.31. The Kier molecular flexibility index (Phi) is 5.18. The summed E-state index contributed by atoms with van der Waals surface area (Å²) in [5.74, 6) is -0.984. The van der Waals surface area contributed by atoms with Crippen LogP contribution in [0.25, 0.3) is 0 Å². The van der Waals surface area contributed by atoms with Gasteiger partial charge in [0.15, 0.2) is 0 Å². The Balaban J connectivity index is 1.73. The lowest BCUT2D eigenvalue weighted by atomic mass is 10.1. The average Bonchev–Trinajstić information content (AvgIpc) is 2.62. The zero-order valence-corrected chi connectivity index (χ0v) is 14.0. The first kappa shape index (κ1) is 18.3. The zero-order valence-electron chi connectivity index (χ0n) is 14.0. The number of nitrogens with zero attached hydrogens (tertiary/aromatic N) is 2. The number of carboxylic acid groups (broad SMARTS) is 1. The van der Waals surface area contributed by atoms with E-state index in [0.717, 1.165) is 17.7 Å². The van der Waals surface area contributed by atoms with Gasteiger partial charge in [-0.05, 0) is 29.8 Å². The van der Waals surface area contributed by atoms with Crippen LogP contribution in [0.2, 0.25) is 0 Å². The van der Waals surface area contributed by atoms with Gasteiger partial charge in [0, 0.05) is 31.9 Å². The third kappa shape index (κ3) is 4.16.